The molecule has 0 bridgehead atoms. The lowest BCUT2D eigenvalue weighted by molar-refractivity contribution is 0.0951. The van der Waals surface area contributed by atoms with E-state index in [1.807, 2.05) is 6.07 Å². The van der Waals surface area contributed by atoms with E-state index in [1.54, 1.807) is 30.3 Å². The van der Waals surface area contributed by atoms with Crippen LogP contribution in [0.4, 0.5) is 0 Å². The molecule has 0 saturated carbocycles. The summed E-state index contributed by atoms with van der Waals surface area (Å²) in [5.74, 6) is 1.80. The largest absolute Gasteiger partial charge is 0.497 e. The Hall–Kier alpha value is -4.73. The zero-order valence-corrected chi connectivity index (χ0v) is 18.9. The van der Waals surface area contributed by atoms with Crippen molar-refractivity contribution >= 4 is 16.8 Å². The molecule has 2 N–H and O–H groups in total. The first-order valence-electron chi connectivity index (χ1n) is 10.7. The summed E-state index contributed by atoms with van der Waals surface area (Å²) >= 11 is 0. The molecule has 0 spiro atoms. The minimum atomic E-state index is -0.657. The number of carbonyl (C=O) groups excluding carboxylic acids is 1. The smallest absolute Gasteiger partial charge is 0.333 e. The molecule has 1 amide bonds. The van der Waals surface area contributed by atoms with Gasteiger partial charge in [0.1, 0.15) is 11.5 Å². The van der Waals surface area contributed by atoms with Crippen LogP contribution in [0.1, 0.15) is 15.9 Å². The van der Waals surface area contributed by atoms with Gasteiger partial charge in [-0.3, -0.25) is 9.59 Å². The summed E-state index contributed by atoms with van der Waals surface area (Å²) in [6.07, 6.45) is 0. The molecule has 178 valence electrons. The van der Waals surface area contributed by atoms with Crippen molar-refractivity contribution in [3.8, 4) is 28.7 Å². The molecule has 4 aromatic rings. The number of fused-ring (bicyclic) bond motifs is 2. The Morgan fingerprint density at radius 1 is 0.971 bits per heavy atom. The van der Waals surface area contributed by atoms with E-state index >= 15 is 0 Å². The van der Waals surface area contributed by atoms with Gasteiger partial charge in [0.05, 0.1) is 30.8 Å². The van der Waals surface area contributed by atoms with Crippen LogP contribution < -0.4 is 35.5 Å². The molecule has 2 heterocycles. The van der Waals surface area contributed by atoms with E-state index in [0.717, 1.165) is 10.1 Å². The highest BCUT2D eigenvalue weighted by Gasteiger charge is 2.16. The maximum atomic E-state index is 13.2. The van der Waals surface area contributed by atoms with Crippen LogP contribution in [-0.4, -0.2) is 36.5 Å². The first-order chi connectivity index (χ1) is 17.0. The lowest BCUT2D eigenvalue weighted by Crippen LogP contribution is -2.33. The fraction of sp³-hybridized carbons (Fsp3) is 0.160. The molecule has 10 heteroatoms. The van der Waals surface area contributed by atoms with Crippen LogP contribution in [0.2, 0.25) is 0 Å². The number of carbonyl (C=O) groups is 1. The lowest BCUT2D eigenvalue weighted by atomic mass is 10.1. The van der Waals surface area contributed by atoms with E-state index in [1.165, 1.54) is 32.4 Å². The first kappa shape index (κ1) is 22.1. The monoisotopic (exact) mass is 475 g/mol. The van der Waals surface area contributed by atoms with Crippen molar-refractivity contribution in [2.24, 2.45) is 0 Å². The number of amides is 1. The van der Waals surface area contributed by atoms with Gasteiger partial charge in [0.25, 0.3) is 11.5 Å². The van der Waals surface area contributed by atoms with E-state index in [9.17, 15) is 14.4 Å². The maximum Gasteiger partial charge on any atom is 0.333 e. The second-order valence-corrected chi connectivity index (χ2v) is 7.77. The zero-order chi connectivity index (χ0) is 24.5. The highest BCUT2D eigenvalue weighted by molar-refractivity contribution is 5.97. The number of nitrogens with one attached hydrogen (secondary N) is 2. The summed E-state index contributed by atoms with van der Waals surface area (Å²) in [5, 5.41) is 3.07. The fourth-order valence-corrected chi connectivity index (χ4v) is 3.85. The van der Waals surface area contributed by atoms with Gasteiger partial charge in [-0.1, -0.05) is 6.07 Å². The highest BCUT2D eigenvalue weighted by Crippen LogP contribution is 2.32. The molecule has 0 atom stereocenters. The van der Waals surface area contributed by atoms with Gasteiger partial charge in [0.2, 0.25) is 6.79 Å². The van der Waals surface area contributed by atoms with E-state index < -0.39 is 11.2 Å². The lowest BCUT2D eigenvalue weighted by Gasteiger charge is -2.11. The number of aromatic amines is 1. The maximum absolute atomic E-state index is 13.2. The number of H-pyrrole nitrogens is 1. The van der Waals surface area contributed by atoms with Gasteiger partial charge < -0.3 is 29.2 Å². The molecule has 35 heavy (non-hydrogen) atoms. The Balaban J connectivity index is 1.43. The average molecular weight is 475 g/mol. The highest BCUT2D eigenvalue weighted by atomic mass is 16.7. The van der Waals surface area contributed by atoms with Gasteiger partial charge in [0, 0.05) is 30.3 Å². The number of hydrogen-bond acceptors (Lipinski definition) is 7. The molecule has 1 aromatic heterocycles. The summed E-state index contributed by atoms with van der Waals surface area (Å²) in [4.78, 5) is 41.4. The molecular weight excluding hydrogens is 454 g/mol. The molecule has 0 saturated heterocycles. The first-order valence-corrected chi connectivity index (χ1v) is 10.7. The van der Waals surface area contributed by atoms with Crippen LogP contribution in [0.15, 0.2) is 64.2 Å². The number of hydrogen-bond donors (Lipinski definition) is 2. The molecule has 1 aliphatic rings. The Kier molecular flexibility index (Phi) is 5.61. The molecule has 5 rings (SSSR count). The van der Waals surface area contributed by atoms with Crippen molar-refractivity contribution in [2.75, 3.05) is 21.0 Å². The number of aromatic nitrogens is 2. The molecule has 0 unspecified atom stereocenters. The molecule has 0 radical (unpaired) electrons. The van der Waals surface area contributed by atoms with Gasteiger partial charge in [-0.15, -0.1) is 0 Å². The van der Waals surface area contributed by atoms with Crippen LogP contribution in [0, 0.1) is 0 Å². The Bertz CT molecular complexity index is 1550. The van der Waals surface area contributed by atoms with Gasteiger partial charge in [-0.05, 0) is 35.9 Å². The van der Waals surface area contributed by atoms with Crippen LogP contribution in [0.3, 0.4) is 0 Å². The van der Waals surface area contributed by atoms with Gasteiger partial charge in [-0.2, -0.15) is 0 Å². The Labute approximate surface area is 198 Å². The van der Waals surface area contributed by atoms with Crippen molar-refractivity contribution < 1.29 is 23.7 Å². The summed E-state index contributed by atoms with van der Waals surface area (Å²) in [6.45, 7) is 0.441. The molecule has 3 aromatic carbocycles. The molecule has 1 aliphatic heterocycles. The summed E-state index contributed by atoms with van der Waals surface area (Å²) in [5.41, 5.74) is 0.492. The third kappa shape index (κ3) is 4.17. The molecular formula is C25H21N3O7. The number of rotatable bonds is 6. The summed E-state index contributed by atoms with van der Waals surface area (Å²) in [6, 6.07) is 14.7. The standard InChI is InChI=1S/C25H21N3O7/c1-32-17-9-16(10-18(11-17)33-2)28-24(30)19-5-4-15(8-20(19)27-25(28)31)23(29)26-12-14-3-6-21-22(7-14)35-13-34-21/h3-11H,12-13H2,1-2H3,(H,26,29)(H,27,31). The Morgan fingerprint density at radius 3 is 2.46 bits per heavy atom. The third-order valence-corrected chi connectivity index (χ3v) is 5.64. The summed E-state index contributed by atoms with van der Waals surface area (Å²) in [7, 11) is 2.95. The fourth-order valence-electron chi connectivity index (χ4n) is 3.85. The van der Waals surface area contributed by atoms with Crippen molar-refractivity contribution in [2.45, 2.75) is 6.54 Å². The van der Waals surface area contributed by atoms with E-state index in [2.05, 4.69) is 10.3 Å². The van der Waals surface area contributed by atoms with Crippen LogP contribution >= 0.6 is 0 Å². The van der Waals surface area contributed by atoms with Crippen molar-refractivity contribution in [1.82, 2.24) is 14.9 Å². The van der Waals surface area contributed by atoms with Gasteiger partial charge >= 0.3 is 5.69 Å². The van der Waals surface area contributed by atoms with E-state index in [-0.39, 0.29) is 30.1 Å². The SMILES string of the molecule is COc1cc(OC)cc(-n2c(=O)[nH]c3cc(C(=O)NCc4ccc5c(c4)OCO5)ccc3c2=O)c1. The minimum absolute atomic E-state index is 0.174. The van der Waals surface area contributed by atoms with Crippen molar-refractivity contribution in [3.63, 3.8) is 0 Å². The van der Waals surface area contributed by atoms with E-state index in [0.29, 0.717) is 34.2 Å². The second-order valence-electron chi connectivity index (χ2n) is 7.77. The summed E-state index contributed by atoms with van der Waals surface area (Å²) < 4.78 is 22.1. The predicted molar refractivity (Wildman–Crippen MR) is 127 cm³/mol. The topological polar surface area (TPSA) is 121 Å². The normalized spacial score (nSPS) is 11.9. The average Bonchev–Trinajstić information content (AvgIpc) is 3.34. The van der Waals surface area contributed by atoms with Crippen molar-refractivity contribution in [1.29, 1.82) is 0 Å². The zero-order valence-electron chi connectivity index (χ0n) is 18.9. The quantitative estimate of drug-likeness (QED) is 0.439. The van der Waals surface area contributed by atoms with Gasteiger partial charge in [-0.25, -0.2) is 9.36 Å². The van der Waals surface area contributed by atoms with Gasteiger partial charge in [0.15, 0.2) is 11.5 Å². The second kappa shape index (κ2) is 8.90. The van der Waals surface area contributed by atoms with E-state index in [4.69, 9.17) is 18.9 Å². The third-order valence-electron chi connectivity index (χ3n) is 5.64. The molecule has 0 aliphatic carbocycles. The number of ether oxygens (including phenoxy) is 4. The van der Waals surface area contributed by atoms with Crippen LogP contribution in [-0.2, 0) is 6.54 Å². The number of benzene rings is 3. The predicted octanol–water partition coefficient (Wildman–Crippen LogP) is 2.35. The van der Waals surface area contributed by atoms with Crippen molar-refractivity contribution in [3.05, 3.63) is 86.6 Å². The van der Waals surface area contributed by atoms with Crippen LogP contribution in [0.25, 0.3) is 16.6 Å². The molecule has 10 nitrogen and oxygen atoms in total. The Morgan fingerprint density at radius 2 is 1.71 bits per heavy atom. The number of methoxy groups -OCH3 is 2. The number of nitrogens with zero attached hydrogens (tertiary/aromatic N) is 1. The minimum Gasteiger partial charge on any atom is -0.497 e. The molecule has 0 fully saturated rings. The van der Waals surface area contributed by atoms with Crippen LogP contribution in [0.5, 0.6) is 23.0 Å².